The van der Waals surface area contributed by atoms with Crippen molar-refractivity contribution >= 4 is 5.82 Å². The maximum atomic E-state index is 5.79. The summed E-state index contributed by atoms with van der Waals surface area (Å²) in [5.74, 6) is 0.627. The number of likely N-dealkylation sites (tertiary alicyclic amines) is 1. The van der Waals surface area contributed by atoms with Gasteiger partial charge in [-0.2, -0.15) is 0 Å². The van der Waals surface area contributed by atoms with Crippen LogP contribution in [-0.4, -0.2) is 22.0 Å². The van der Waals surface area contributed by atoms with Crippen molar-refractivity contribution in [2.75, 3.05) is 12.3 Å². The number of nitrogens with zero attached hydrogens (tertiary/aromatic N) is 2. The first-order valence-electron chi connectivity index (χ1n) is 6.46. The van der Waals surface area contributed by atoms with E-state index in [0.29, 0.717) is 11.9 Å². The van der Waals surface area contributed by atoms with Gasteiger partial charge in [0.1, 0.15) is 5.82 Å². The minimum absolute atomic E-state index is 0.211. The molecule has 1 aromatic rings. The zero-order chi connectivity index (χ0) is 12.5. The quantitative estimate of drug-likeness (QED) is 0.811. The molecule has 0 aromatic carbocycles. The molecule has 3 nitrogen and oxygen atoms in total. The summed E-state index contributed by atoms with van der Waals surface area (Å²) in [5, 5.41) is 0. The van der Waals surface area contributed by atoms with Crippen LogP contribution in [0.25, 0.3) is 0 Å². The van der Waals surface area contributed by atoms with Gasteiger partial charge >= 0.3 is 0 Å². The molecule has 0 spiro atoms. The maximum absolute atomic E-state index is 5.79. The average molecular weight is 233 g/mol. The van der Waals surface area contributed by atoms with Gasteiger partial charge in [0.25, 0.3) is 0 Å². The molecule has 1 fully saturated rings. The van der Waals surface area contributed by atoms with Crippen LogP contribution in [0.2, 0.25) is 0 Å². The second-order valence-corrected chi connectivity index (χ2v) is 5.89. The van der Waals surface area contributed by atoms with Crippen LogP contribution in [-0.2, 0) is 0 Å². The van der Waals surface area contributed by atoms with Gasteiger partial charge < -0.3 is 5.73 Å². The standard InChI is InChI=1S/C14H23N3/c1-14(2,3)17-9-5-4-6-12(17)11-7-8-16-13(15)10-11/h7-8,10,12H,4-6,9H2,1-3H3,(H2,15,16)/t12-/m1/s1. The summed E-state index contributed by atoms with van der Waals surface area (Å²) in [6, 6.07) is 4.62. The van der Waals surface area contributed by atoms with E-state index in [0.717, 1.165) is 0 Å². The zero-order valence-electron chi connectivity index (χ0n) is 11.1. The number of piperidine rings is 1. The van der Waals surface area contributed by atoms with E-state index in [-0.39, 0.29) is 5.54 Å². The number of hydrogen-bond acceptors (Lipinski definition) is 3. The molecule has 1 aliphatic heterocycles. The van der Waals surface area contributed by atoms with Crippen LogP contribution >= 0.6 is 0 Å². The molecule has 2 N–H and O–H groups in total. The summed E-state index contributed by atoms with van der Waals surface area (Å²) >= 11 is 0. The van der Waals surface area contributed by atoms with Gasteiger partial charge in [0.15, 0.2) is 0 Å². The van der Waals surface area contributed by atoms with Crippen molar-refractivity contribution in [3.8, 4) is 0 Å². The fourth-order valence-corrected chi connectivity index (χ4v) is 2.75. The Hall–Kier alpha value is -1.09. The molecular weight excluding hydrogens is 210 g/mol. The van der Waals surface area contributed by atoms with Gasteiger partial charge in [-0.15, -0.1) is 0 Å². The highest BCUT2D eigenvalue weighted by atomic mass is 15.2. The normalized spacial score (nSPS) is 22.6. The lowest BCUT2D eigenvalue weighted by Crippen LogP contribution is -2.46. The predicted octanol–water partition coefficient (Wildman–Crippen LogP) is 2.99. The van der Waals surface area contributed by atoms with Crippen LogP contribution < -0.4 is 5.73 Å². The molecule has 0 radical (unpaired) electrons. The molecule has 2 heterocycles. The van der Waals surface area contributed by atoms with E-state index in [4.69, 9.17) is 5.73 Å². The van der Waals surface area contributed by atoms with Gasteiger partial charge in [-0.1, -0.05) is 6.42 Å². The van der Waals surface area contributed by atoms with E-state index in [1.165, 1.54) is 31.4 Å². The van der Waals surface area contributed by atoms with Gasteiger partial charge in [-0.25, -0.2) is 4.98 Å². The first-order chi connectivity index (χ1) is 7.98. The lowest BCUT2D eigenvalue weighted by molar-refractivity contribution is 0.0509. The highest BCUT2D eigenvalue weighted by Crippen LogP contribution is 2.36. The van der Waals surface area contributed by atoms with Crippen LogP contribution in [0.4, 0.5) is 5.82 Å². The number of hydrogen-bond donors (Lipinski definition) is 1. The molecule has 1 atom stereocenters. The van der Waals surface area contributed by atoms with Crippen molar-refractivity contribution in [1.82, 2.24) is 9.88 Å². The van der Waals surface area contributed by atoms with E-state index in [1.54, 1.807) is 0 Å². The third-order valence-electron chi connectivity index (χ3n) is 3.55. The van der Waals surface area contributed by atoms with Crippen LogP contribution in [0.1, 0.15) is 51.6 Å². The molecule has 0 amide bonds. The number of nitrogen functional groups attached to an aromatic ring is 1. The van der Waals surface area contributed by atoms with E-state index in [9.17, 15) is 0 Å². The van der Waals surface area contributed by atoms with E-state index < -0.39 is 0 Å². The van der Waals surface area contributed by atoms with Gasteiger partial charge in [0.2, 0.25) is 0 Å². The lowest BCUT2D eigenvalue weighted by atomic mass is 9.90. The molecule has 3 heteroatoms. The lowest BCUT2D eigenvalue weighted by Gasteiger charge is -2.45. The van der Waals surface area contributed by atoms with Gasteiger partial charge in [0, 0.05) is 17.8 Å². The summed E-state index contributed by atoms with van der Waals surface area (Å²) in [6.45, 7) is 8.04. The molecule has 0 unspecified atom stereocenters. The van der Waals surface area contributed by atoms with Crippen molar-refractivity contribution in [1.29, 1.82) is 0 Å². The smallest absolute Gasteiger partial charge is 0.123 e. The molecule has 0 aliphatic carbocycles. The Morgan fingerprint density at radius 2 is 2.12 bits per heavy atom. The Labute approximate surface area is 104 Å². The van der Waals surface area contributed by atoms with Crippen molar-refractivity contribution in [2.24, 2.45) is 0 Å². The third kappa shape index (κ3) is 2.78. The van der Waals surface area contributed by atoms with Crippen molar-refractivity contribution < 1.29 is 0 Å². The molecule has 2 rings (SSSR count). The largest absolute Gasteiger partial charge is 0.384 e. The molecular formula is C14H23N3. The van der Waals surface area contributed by atoms with Crippen LogP contribution in [0.15, 0.2) is 18.3 Å². The fraction of sp³-hybridized carbons (Fsp3) is 0.643. The minimum atomic E-state index is 0.211. The Balaban J connectivity index is 2.28. The Kier molecular flexibility index (Phi) is 3.38. The second-order valence-electron chi connectivity index (χ2n) is 5.89. The first kappa shape index (κ1) is 12.4. The summed E-state index contributed by atoms with van der Waals surface area (Å²) in [4.78, 5) is 6.67. The zero-order valence-corrected chi connectivity index (χ0v) is 11.1. The van der Waals surface area contributed by atoms with E-state index >= 15 is 0 Å². The summed E-state index contributed by atoms with van der Waals surface area (Å²) in [7, 11) is 0. The Morgan fingerprint density at radius 1 is 1.35 bits per heavy atom. The molecule has 0 saturated carbocycles. The third-order valence-corrected chi connectivity index (χ3v) is 3.55. The van der Waals surface area contributed by atoms with Crippen LogP contribution in [0.5, 0.6) is 0 Å². The molecule has 17 heavy (non-hydrogen) atoms. The highest BCUT2D eigenvalue weighted by molar-refractivity contribution is 5.33. The van der Waals surface area contributed by atoms with E-state index in [2.05, 4.69) is 36.7 Å². The number of nitrogens with two attached hydrogens (primary N) is 1. The summed E-state index contributed by atoms with van der Waals surface area (Å²) < 4.78 is 0. The van der Waals surface area contributed by atoms with Crippen LogP contribution in [0, 0.1) is 0 Å². The molecule has 1 saturated heterocycles. The monoisotopic (exact) mass is 233 g/mol. The van der Waals surface area contributed by atoms with Crippen LogP contribution in [0.3, 0.4) is 0 Å². The van der Waals surface area contributed by atoms with Gasteiger partial charge in [0.05, 0.1) is 0 Å². The van der Waals surface area contributed by atoms with Gasteiger partial charge in [-0.05, 0) is 57.9 Å². The van der Waals surface area contributed by atoms with Gasteiger partial charge in [-0.3, -0.25) is 4.90 Å². The number of aromatic nitrogens is 1. The number of pyridine rings is 1. The highest BCUT2D eigenvalue weighted by Gasteiger charge is 2.31. The summed E-state index contributed by atoms with van der Waals surface area (Å²) in [5.41, 5.74) is 7.31. The first-order valence-corrected chi connectivity index (χ1v) is 6.46. The predicted molar refractivity (Wildman–Crippen MR) is 71.7 cm³/mol. The Morgan fingerprint density at radius 3 is 2.76 bits per heavy atom. The maximum Gasteiger partial charge on any atom is 0.123 e. The Bertz CT molecular complexity index is 381. The van der Waals surface area contributed by atoms with Crippen molar-refractivity contribution in [2.45, 2.75) is 51.6 Å². The SMILES string of the molecule is CC(C)(C)N1CCCC[C@@H]1c1ccnc(N)c1. The van der Waals surface area contributed by atoms with Crippen molar-refractivity contribution in [3.63, 3.8) is 0 Å². The van der Waals surface area contributed by atoms with Crippen molar-refractivity contribution in [3.05, 3.63) is 23.9 Å². The fourth-order valence-electron chi connectivity index (χ4n) is 2.75. The minimum Gasteiger partial charge on any atom is -0.384 e. The number of rotatable bonds is 1. The second kappa shape index (κ2) is 4.65. The topological polar surface area (TPSA) is 42.2 Å². The molecule has 0 bridgehead atoms. The molecule has 94 valence electrons. The number of anilines is 1. The molecule has 1 aliphatic rings. The average Bonchev–Trinajstić information content (AvgIpc) is 2.28. The summed E-state index contributed by atoms with van der Waals surface area (Å²) in [6.07, 6.45) is 5.65. The van der Waals surface area contributed by atoms with E-state index in [1.807, 2.05) is 12.3 Å². The molecule has 1 aromatic heterocycles.